The number of ether oxygens (including phenoxy) is 1. The van der Waals surface area contributed by atoms with Gasteiger partial charge < -0.3 is 4.74 Å². The Kier molecular flexibility index (Phi) is 3.85. The van der Waals surface area contributed by atoms with Gasteiger partial charge in [0, 0.05) is 4.88 Å². The number of fused-ring (bicyclic) bond motifs is 1. The van der Waals surface area contributed by atoms with Crippen molar-refractivity contribution in [1.82, 2.24) is 9.97 Å². The summed E-state index contributed by atoms with van der Waals surface area (Å²) in [5, 5.41) is 0.504. The number of halogens is 1. The number of hydrogen-bond acceptors (Lipinski definition) is 4. The second kappa shape index (κ2) is 5.77. The predicted octanol–water partition coefficient (Wildman–Crippen LogP) is 4.80. The molecule has 0 bridgehead atoms. The van der Waals surface area contributed by atoms with Crippen molar-refractivity contribution in [3.63, 3.8) is 0 Å². The molecule has 0 radical (unpaired) electrons. The zero-order valence-electron chi connectivity index (χ0n) is 11.0. The molecule has 0 saturated carbocycles. The van der Waals surface area contributed by atoms with Gasteiger partial charge in [0.25, 0.3) is 0 Å². The first kappa shape index (κ1) is 13.3. The van der Waals surface area contributed by atoms with E-state index in [0.29, 0.717) is 5.15 Å². The maximum Gasteiger partial charge on any atom is 0.150 e. The first-order chi connectivity index (χ1) is 9.78. The third kappa shape index (κ3) is 2.62. The lowest BCUT2D eigenvalue weighted by Crippen LogP contribution is -1.94. The molecule has 2 heterocycles. The summed E-state index contributed by atoms with van der Waals surface area (Å²) in [5.41, 5.74) is 1.99. The van der Waals surface area contributed by atoms with Gasteiger partial charge in [-0.15, -0.1) is 11.3 Å². The van der Waals surface area contributed by atoms with Crippen molar-refractivity contribution in [3.8, 4) is 16.2 Å². The van der Waals surface area contributed by atoms with E-state index < -0.39 is 0 Å². The molecule has 20 heavy (non-hydrogen) atoms. The SMILES string of the molecule is CCCOc1cccc(-c2cc3ncnc(Cl)c3s2)c1. The van der Waals surface area contributed by atoms with Gasteiger partial charge in [0.2, 0.25) is 0 Å². The summed E-state index contributed by atoms with van der Waals surface area (Å²) in [5.74, 6) is 0.888. The van der Waals surface area contributed by atoms with Crippen LogP contribution in [0.25, 0.3) is 20.7 Å². The highest BCUT2D eigenvalue weighted by Crippen LogP contribution is 2.36. The minimum atomic E-state index is 0.504. The number of hydrogen-bond donors (Lipinski definition) is 0. The van der Waals surface area contributed by atoms with E-state index in [1.807, 2.05) is 24.3 Å². The van der Waals surface area contributed by atoms with Crippen LogP contribution in [0, 0.1) is 0 Å². The summed E-state index contributed by atoms with van der Waals surface area (Å²) in [6.07, 6.45) is 2.49. The zero-order valence-corrected chi connectivity index (χ0v) is 12.5. The molecule has 3 nitrogen and oxygen atoms in total. The Hall–Kier alpha value is -1.65. The van der Waals surface area contributed by atoms with E-state index in [1.54, 1.807) is 11.3 Å². The Balaban J connectivity index is 2.00. The molecule has 102 valence electrons. The van der Waals surface area contributed by atoms with Gasteiger partial charge in [0.15, 0.2) is 0 Å². The van der Waals surface area contributed by atoms with Crippen molar-refractivity contribution in [3.05, 3.63) is 41.8 Å². The average Bonchev–Trinajstić information content (AvgIpc) is 2.91. The van der Waals surface area contributed by atoms with Crippen LogP contribution in [-0.4, -0.2) is 16.6 Å². The summed E-state index contributed by atoms with van der Waals surface area (Å²) in [4.78, 5) is 9.37. The van der Waals surface area contributed by atoms with Crippen molar-refractivity contribution < 1.29 is 4.74 Å². The fraction of sp³-hybridized carbons (Fsp3) is 0.200. The van der Waals surface area contributed by atoms with E-state index in [9.17, 15) is 0 Å². The van der Waals surface area contributed by atoms with Gasteiger partial charge >= 0.3 is 0 Å². The van der Waals surface area contributed by atoms with E-state index in [0.717, 1.165) is 39.4 Å². The van der Waals surface area contributed by atoms with E-state index in [4.69, 9.17) is 16.3 Å². The molecular weight excluding hydrogens is 292 g/mol. The fourth-order valence-electron chi connectivity index (χ4n) is 1.93. The fourth-order valence-corrected chi connectivity index (χ4v) is 3.17. The summed E-state index contributed by atoms with van der Waals surface area (Å²) < 4.78 is 6.59. The molecule has 0 spiro atoms. The van der Waals surface area contributed by atoms with Gasteiger partial charge in [0.05, 0.1) is 16.8 Å². The van der Waals surface area contributed by atoms with Crippen LogP contribution in [0.1, 0.15) is 13.3 Å². The van der Waals surface area contributed by atoms with Gasteiger partial charge in [-0.1, -0.05) is 30.7 Å². The topological polar surface area (TPSA) is 35.0 Å². The van der Waals surface area contributed by atoms with Crippen LogP contribution in [0.4, 0.5) is 0 Å². The quantitative estimate of drug-likeness (QED) is 0.649. The maximum absolute atomic E-state index is 6.09. The standard InChI is InChI=1S/C15H13ClN2OS/c1-2-6-19-11-5-3-4-10(7-11)13-8-12-14(20-13)15(16)18-9-17-12/h3-5,7-9H,2,6H2,1H3. The van der Waals surface area contributed by atoms with E-state index >= 15 is 0 Å². The normalized spacial score (nSPS) is 10.9. The molecule has 2 aromatic heterocycles. The maximum atomic E-state index is 6.09. The molecular formula is C15H13ClN2OS. The van der Waals surface area contributed by atoms with Crippen LogP contribution in [0.2, 0.25) is 5.15 Å². The molecule has 0 aliphatic heterocycles. The second-order valence-electron chi connectivity index (χ2n) is 4.37. The van der Waals surface area contributed by atoms with E-state index in [2.05, 4.69) is 23.0 Å². The van der Waals surface area contributed by atoms with E-state index in [1.165, 1.54) is 6.33 Å². The lowest BCUT2D eigenvalue weighted by molar-refractivity contribution is 0.317. The molecule has 0 aliphatic carbocycles. The van der Waals surface area contributed by atoms with Crippen molar-refractivity contribution in [1.29, 1.82) is 0 Å². The van der Waals surface area contributed by atoms with Crippen LogP contribution in [0.5, 0.6) is 5.75 Å². The van der Waals surface area contributed by atoms with Crippen LogP contribution >= 0.6 is 22.9 Å². The molecule has 1 aromatic carbocycles. The molecule has 0 amide bonds. The predicted molar refractivity (Wildman–Crippen MR) is 83.6 cm³/mol. The molecule has 3 rings (SSSR count). The number of aromatic nitrogens is 2. The van der Waals surface area contributed by atoms with Gasteiger partial charge in [-0.05, 0) is 30.2 Å². The molecule has 0 N–H and O–H groups in total. The summed E-state index contributed by atoms with van der Waals surface area (Å²) >= 11 is 7.69. The van der Waals surface area contributed by atoms with Crippen molar-refractivity contribution >= 4 is 33.2 Å². The van der Waals surface area contributed by atoms with Crippen molar-refractivity contribution in [2.24, 2.45) is 0 Å². The van der Waals surface area contributed by atoms with Gasteiger partial charge in [-0.3, -0.25) is 0 Å². The summed E-state index contributed by atoms with van der Waals surface area (Å²) in [6, 6.07) is 10.1. The van der Waals surface area contributed by atoms with E-state index in [-0.39, 0.29) is 0 Å². The van der Waals surface area contributed by atoms with Crippen molar-refractivity contribution in [2.45, 2.75) is 13.3 Å². The van der Waals surface area contributed by atoms with Gasteiger partial charge in [-0.25, -0.2) is 9.97 Å². The Bertz CT molecular complexity index is 742. The number of rotatable bonds is 4. The lowest BCUT2D eigenvalue weighted by Gasteiger charge is -2.05. The lowest BCUT2D eigenvalue weighted by atomic mass is 10.2. The Morgan fingerprint density at radius 1 is 1.25 bits per heavy atom. The third-order valence-corrected chi connectivity index (χ3v) is 4.44. The Morgan fingerprint density at radius 2 is 2.15 bits per heavy atom. The highest BCUT2D eigenvalue weighted by molar-refractivity contribution is 7.22. The first-order valence-electron chi connectivity index (χ1n) is 6.41. The third-order valence-electron chi connectivity index (χ3n) is 2.86. The number of thiophene rings is 1. The number of nitrogens with zero attached hydrogens (tertiary/aromatic N) is 2. The minimum Gasteiger partial charge on any atom is -0.494 e. The number of benzene rings is 1. The van der Waals surface area contributed by atoms with Crippen molar-refractivity contribution in [2.75, 3.05) is 6.61 Å². The minimum absolute atomic E-state index is 0.504. The smallest absolute Gasteiger partial charge is 0.150 e. The van der Waals surface area contributed by atoms with Crippen LogP contribution in [-0.2, 0) is 0 Å². The molecule has 0 atom stereocenters. The molecule has 5 heteroatoms. The average molecular weight is 305 g/mol. The van der Waals surface area contributed by atoms with Crippen LogP contribution in [0.3, 0.4) is 0 Å². The summed E-state index contributed by atoms with van der Waals surface area (Å²) in [6.45, 7) is 2.82. The molecule has 0 unspecified atom stereocenters. The monoisotopic (exact) mass is 304 g/mol. The molecule has 3 aromatic rings. The molecule has 0 aliphatic rings. The molecule has 0 fully saturated rings. The van der Waals surface area contributed by atoms with Gasteiger partial charge in [0.1, 0.15) is 17.2 Å². The largest absolute Gasteiger partial charge is 0.494 e. The Morgan fingerprint density at radius 3 is 2.95 bits per heavy atom. The molecule has 0 saturated heterocycles. The van der Waals surface area contributed by atoms with Gasteiger partial charge in [-0.2, -0.15) is 0 Å². The first-order valence-corrected chi connectivity index (χ1v) is 7.60. The highest BCUT2D eigenvalue weighted by Gasteiger charge is 2.09. The Labute approximate surface area is 126 Å². The van der Waals surface area contributed by atoms with Crippen LogP contribution in [0.15, 0.2) is 36.7 Å². The second-order valence-corrected chi connectivity index (χ2v) is 5.78. The summed E-state index contributed by atoms with van der Waals surface area (Å²) in [7, 11) is 0. The zero-order chi connectivity index (χ0) is 13.9. The van der Waals surface area contributed by atoms with Crippen LogP contribution < -0.4 is 4.74 Å². The highest BCUT2D eigenvalue weighted by atomic mass is 35.5.